The summed E-state index contributed by atoms with van der Waals surface area (Å²) in [4.78, 5) is 37.3. The van der Waals surface area contributed by atoms with Gasteiger partial charge in [-0.3, -0.25) is 9.59 Å². The second-order valence-corrected chi connectivity index (χ2v) is 9.62. The van der Waals surface area contributed by atoms with Crippen LogP contribution in [0.3, 0.4) is 0 Å². The normalized spacial score (nSPS) is 43.3. The maximum absolute atomic E-state index is 12.9. The first-order valence-corrected chi connectivity index (χ1v) is 11.1. The van der Waals surface area contributed by atoms with E-state index >= 15 is 0 Å². The van der Waals surface area contributed by atoms with Crippen molar-refractivity contribution in [3.63, 3.8) is 0 Å². The van der Waals surface area contributed by atoms with Crippen LogP contribution in [0.4, 0.5) is 0 Å². The van der Waals surface area contributed by atoms with E-state index in [1.54, 1.807) is 20.8 Å². The van der Waals surface area contributed by atoms with Gasteiger partial charge in [-0.2, -0.15) is 0 Å². The van der Waals surface area contributed by atoms with Gasteiger partial charge in [-0.25, -0.2) is 4.79 Å². The van der Waals surface area contributed by atoms with Crippen molar-refractivity contribution in [2.45, 2.75) is 76.5 Å². The lowest BCUT2D eigenvalue weighted by Gasteiger charge is -2.61. The van der Waals surface area contributed by atoms with Crippen LogP contribution >= 0.6 is 0 Å². The molecule has 0 aromatic heterocycles. The number of esters is 3. The predicted molar refractivity (Wildman–Crippen MR) is 110 cm³/mol. The summed E-state index contributed by atoms with van der Waals surface area (Å²) in [6.45, 7) is 10.6. The maximum Gasteiger partial charge on any atom is 0.338 e. The van der Waals surface area contributed by atoms with Crippen molar-refractivity contribution in [1.29, 1.82) is 0 Å². The lowest BCUT2D eigenvalue weighted by Crippen LogP contribution is -2.79. The van der Waals surface area contributed by atoms with E-state index in [0.29, 0.717) is 18.4 Å². The number of methoxy groups -OCH3 is 2. The highest BCUT2D eigenvalue weighted by atomic mass is 16.8. The van der Waals surface area contributed by atoms with Crippen molar-refractivity contribution in [2.75, 3.05) is 14.2 Å². The third-order valence-corrected chi connectivity index (χ3v) is 8.21. The van der Waals surface area contributed by atoms with Crippen LogP contribution in [0.5, 0.6) is 0 Å². The molecule has 33 heavy (non-hydrogen) atoms. The predicted octanol–water partition coefficient (Wildman–Crippen LogP) is 1.09. The number of carbonyl (C=O) groups is 3. The summed E-state index contributed by atoms with van der Waals surface area (Å²) in [7, 11) is 2.69. The molecule has 0 spiro atoms. The topological polar surface area (TPSA) is 127 Å². The second-order valence-electron chi connectivity index (χ2n) is 9.62. The monoisotopic (exact) mass is 468 g/mol. The molecule has 4 fully saturated rings. The fourth-order valence-corrected chi connectivity index (χ4v) is 7.35. The van der Waals surface area contributed by atoms with E-state index < -0.39 is 77.1 Å². The molecule has 10 heteroatoms. The van der Waals surface area contributed by atoms with Crippen molar-refractivity contribution >= 4 is 17.9 Å². The zero-order chi connectivity index (χ0) is 24.5. The number of aliphatic hydroxyl groups is 1. The summed E-state index contributed by atoms with van der Waals surface area (Å²) in [6.07, 6.45) is -3.56. The Kier molecular flexibility index (Phi) is 5.67. The summed E-state index contributed by atoms with van der Waals surface area (Å²) in [6, 6.07) is 0. The summed E-state index contributed by atoms with van der Waals surface area (Å²) in [5.74, 6) is -3.34. The quantitative estimate of drug-likeness (QED) is 0.329. The van der Waals surface area contributed by atoms with E-state index in [9.17, 15) is 19.5 Å². The average molecular weight is 468 g/mol. The van der Waals surface area contributed by atoms with Gasteiger partial charge in [-0.1, -0.05) is 19.1 Å². The molecule has 1 N–H and O–H groups in total. The van der Waals surface area contributed by atoms with Crippen molar-refractivity contribution in [3.8, 4) is 0 Å². The van der Waals surface area contributed by atoms with Crippen LogP contribution in [0.1, 0.15) is 40.5 Å². The van der Waals surface area contributed by atoms with Crippen molar-refractivity contribution in [3.05, 3.63) is 12.2 Å². The minimum atomic E-state index is -1.36. The lowest BCUT2D eigenvalue weighted by atomic mass is 9.52. The van der Waals surface area contributed by atoms with E-state index in [2.05, 4.69) is 6.58 Å². The minimum absolute atomic E-state index is 0.361. The molecule has 5 unspecified atom stereocenters. The van der Waals surface area contributed by atoms with Gasteiger partial charge >= 0.3 is 17.9 Å². The van der Waals surface area contributed by atoms with Crippen molar-refractivity contribution in [2.24, 2.45) is 23.2 Å². The Morgan fingerprint density at radius 1 is 1.21 bits per heavy atom. The Morgan fingerprint density at radius 2 is 1.88 bits per heavy atom. The van der Waals surface area contributed by atoms with E-state index in [1.807, 2.05) is 0 Å². The Balaban J connectivity index is 1.92. The molecule has 10 atom stereocenters. The first-order chi connectivity index (χ1) is 15.5. The zero-order valence-corrected chi connectivity index (χ0v) is 19.8. The highest BCUT2D eigenvalue weighted by Gasteiger charge is 2.94. The van der Waals surface area contributed by atoms with Gasteiger partial charge in [0.25, 0.3) is 0 Å². The van der Waals surface area contributed by atoms with Crippen LogP contribution in [0.15, 0.2) is 12.2 Å². The van der Waals surface area contributed by atoms with E-state index in [-0.39, 0.29) is 0 Å². The molecule has 1 saturated carbocycles. The minimum Gasteiger partial charge on any atom is -0.469 e. The highest BCUT2D eigenvalue weighted by molar-refractivity contribution is 5.80. The maximum atomic E-state index is 12.9. The van der Waals surface area contributed by atoms with Crippen LogP contribution in [0, 0.1) is 23.2 Å². The second kappa shape index (κ2) is 7.76. The number of rotatable bonds is 7. The smallest absolute Gasteiger partial charge is 0.338 e. The van der Waals surface area contributed by atoms with Gasteiger partial charge in [0.05, 0.1) is 13.0 Å². The summed E-state index contributed by atoms with van der Waals surface area (Å²) >= 11 is 0. The Bertz CT molecular complexity index is 886. The molecule has 3 aliphatic heterocycles. The molecule has 3 saturated heterocycles. The van der Waals surface area contributed by atoms with Gasteiger partial charge in [0.15, 0.2) is 18.0 Å². The van der Waals surface area contributed by atoms with Crippen LogP contribution in [0.2, 0.25) is 0 Å². The first kappa shape index (κ1) is 24.1. The van der Waals surface area contributed by atoms with Gasteiger partial charge in [-0.05, 0) is 26.7 Å². The third-order valence-electron chi connectivity index (χ3n) is 8.21. The van der Waals surface area contributed by atoms with Crippen molar-refractivity contribution in [1.82, 2.24) is 0 Å². The van der Waals surface area contributed by atoms with Gasteiger partial charge in [0, 0.05) is 25.9 Å². The molecule has 184 valence electrons. The van der Waals surface area contributed by atoms with E-state index in [1.165, 1.54) is 21.1 Å². The number of ether oxygens (including phenoxy) is 6. The SMILES string of the molecule is C=C(C)[C@H]([C@H](C)OC(C)=O)C12C(OC(=O)[C@@H]1OC)OC13[C@H](O)OC12CC[C@@H]3C(C)C(=O)OC. The Labute approximate surface area is 192 Å². The van der Waals surface area contributed by atoms with Crippen LogP contribution in [-0.4, -0.2) is 73.2 Å². The third kappa shape index (κ3) is 2.66. The number of carbonyl (C=O) groups excluding carboxylic acids is 3. The summed E-state index contributed by atoms with van der Waals surface area (Å²) in [5.41, 5.74) is -3.30. The van der Waals surface area contributed by atoms with Gasteiger partial charge < -0.3 is 33.5 Å². The number of aliphatic hydroxyl groups excluding tert-OH is 1. The van der Waals surface area contributed by atoms with Crippen molar-refractivity contribution < 1.29 is 47.9 Å². The molecule has 0 radical (unpaired) electrons. The van der Waals surface area contributed by atoms with Crippen LogP contribution in [-0.2, 0) is 42.8 Å². The van der Waals surface area contributed by atoms with Gasteiger partial charge in [0.1, 0.15) is 17.1 Å². The zero-order valence-electron chi connectivity index (χ0n) is 19.8. The average Bonchev–Trinajstić information content (AvgIpc) is 3.21. The standard InChI is InChI=1S/C23H32O10/c1-10(2)15(12(4)30-13(5)24)22-16(28-6)18(26)31-20(22)33-23-14(11(3)17(25)29-7)8-9-21(22,23)32-19(23)27/h11-12,14-16,19-20,27H,1,8-9H2,2-7H3/t11?,12-,14+,15+,16-,19+,20?,21?,22?,23?/m0/s1. The fraction of sp³-hybridized carbons (Fsp3) is 0.783. The molecule has 0 aromatic carbocycles. The molecule has 1 aliphatic carbocycles. The Hall–Kier alpha value is -2.01. The summed E-state index contributed by atoms with van der Waals surface area (Å²) < 4.78 is 34.4. The molecule has 4 rings (SSSR count). The lowest BCUT2D eigenvalue weighted by molar-refractivity contribution is -0.418. The molecule has 0 aromatic rings. The molecular formula is C23H32O10. The van der Waals surface area contributed by atoms with Gasteiger partial charge in [0.2, 0.25) is 6.29 Å². The van der Waals surface area contributed by atoms with E-state index in [0.717, 1.165) is 0 Å². The number of hydrogen-bond donors (Lipinski definition) is 1. The molecule has 0 bridgehead atoms. The Morgan fingerprint density at radius 3 is 2.39 bits per heavy atom. The molecule has 4 aliphatic rings. The highest BCUT2D eigenvalue weighted by Crippen LogP contribution is 2.77. The first-order valence-electron chi connectivity index (χ1n) is 11.1. The largest absolute Gasteiger partial charge is 0.469 e. The van der Waals surface area contributed by atoms with Crippen LogP contribution < -0.4 is 0 Å². The summed E-state index contributed by atoms with van der Waals surface area (Å²) in [5, 5.41) is 11.0. The number of fused-ring (bicyclic) bond motifs is 1. The molecular weight excluding hydrogens is 436 g/mol. The fourth-order valence-electron chi connectivity index (χ4n) is 7.35. The molecule has 0 amide bonds. The molecule has 10 nitrogen and oxygen atoms in total. The number of hydrogen-bond acceptors (Lipinski definition) is 10. The van der Waals surface area contributed by atoms with Crippen LogP contribution in [0.25, 0.3) is 0 Å². The molecule has 3 heterocycles. The van der Waals surface area contributed by atoms with E-state index in [4.69, 9.17) is 28.4 Å². The van der Waals surface area contributed by atoms with Gasteiger partial charge in [-0.15, -0.1) is 0 Å².